The Balaban J connectivity index is 0.000000786. The number of carbonyl (C=O) groups is 3. The maximum atomic E-state index is 12.3. The molecule has 0 aliphatic rings. The number of ether oxygens (including phenoxy) is 4. The zero-order chi connectivity index (χ0) is 45.4. The molecule has 0 aliphatic carbocycles. The van der Waals surface area contributed by atoms with E-state index in [2.05, 4.69) is 54.5 Å². The number of benzene rings is 1. The van der Waals surface area contributed by atoms with E-state index in [0.29, 0.717) is 125 Å². The molecule has 342 valence electrons. The molecule has 0 bridgehead atoms. The molecule has 0 saturated heterocycles. The van der Waals surface area contributed by atoms with Crippen LogP contribution in [0.4, 0.5) is 5.82 Å². The SMILES string of the molecule is C=CCNc1ncnc2c1ncn2O.COC(C[S+](CC#CCCCCC(=O)N/N=C\c1ccc(C(=O)NCCOCCOCCOCCN)cc1)CCC(N)C(=O)O)[C@@H](C)O. The number of aromatic nitrogens is 4. The first-order chi connectivity index (χ1) is 30.0. The fourth-order valence-corrected chi connectivity index (χ4v) is 7.25. The molecule has 2 amide bonds. The number of carboxylic acids is 1. The van der Waals surface area contributed by atoms with Crippen molar-refractivity contribution in [1.29, 1.82) is 0 Å². The fourth-order valence-electron chi connectivity index (χ4n) is 5.05. The van der Waals surface area contributed by atoms with Crippen molar-refractivity contribution in [2.45, 2.75) is 57.3 Å². The van der Waals surface area contributed by atoms with Crippen molar-refractivity contribution in [3.8, 4) is 11.8 Å². The number of aliphatic hydroxyl groups is 1. The van der Waals surface area contributed by atoms with E-state index in [0.717, 1.165) is 16.7 Å². The number of methoxy groups -OCH3 is 1. The molecule has 0 saturated carbocycles. The minimum atomic E-state index is -1.03. The second-order valence-electron chi connectivity index (χ2n) is 13.4. The Morgan fingerprint density at radius 1 is 1.03 bits per heavy atom. The predicted octanol–water partition coefficient (Wildman–Crippen LogP) is 0.916. The Bertz CT molecular complexity index is 1840. The molecule has 3 aromatic rings. The predicted molar refractivity (Wildman–Crippen MR) is 238 cm³/mol. The van der Waals surface area contributed by atoms with Gasteiger partial charge in [0.05, 0.1) is 52.0 Å². The number of fused-ring (bicyclic) bond motifs is 1. The molecule has 0 radical (unpaired) electrons. The summed E-state index contributed by atoms with van der Waals surface area (Å²) in [6.07, 6.45) is 7.52. The van der Waals surface area contributed by atoms with Crippen LogP contribution in [0, 0.1) is 11.8 Å². The van der Waals surface area contributed by atoms with E-state index >= 15 is 0 Å². The van der Waals surface area contributed by atoms with Gasteiger partial charge in [-0.05, 0) is 43.4 Å². The summed E-state index contributed by atoms with van der Waals surface area (Å²) < 4.78 is 22.2. The highest BCUT2D eigenvalue weighted by molar-refractivity contribution is 7.97. The first-order valence-electron chi connectivity index (χ1n) is 20.1. The molecular weight excluding hydrogens is 825 g/mol. The number of nitrogens with one attached hydrogen (secondary N) is 3. The van der Waals surface area contributed by atoms with Gasteiger partial charge >= 0.3 is 5.97 Å². The smallest absolute Gasteiger partial charge is 0.320 e. The summed E-state index contributed by atoms with van der Waals surface area (Å²) in [5, 5.41) is 38.0. The minimum Gasteiger partial charge on any atom is -0.480 e. The van der Waals surface area contributed by atoms with Crippen molar-refractivity contribution in [2.75, 3.05) is 89.0 Å². The standard InChI is InChI=1S/C33H53N5O9S.C8H9N5O/c1-26(39)30(44-2)25-48(23-13-29(35)33(42)43)22-7-5-3-4-6-8-31(40)38-37-24-27-9-11-28(12-10-27)32(41)36-15-17-46-19-21-47-20-18-45-16-14-34;1-2-3-9-7-6-8(11-4-10-7)13(14)5-12-6/h9-12,24,26,29-30,39H,3-4,6,8,13-23,25,34-35H2,1-2H3,(H2-,36,38,40,41,42,43);2,4-5,14H,1,3H2,(H,9,10,11)/p+1/t26-,29?,30?,48?;/m1./s1. The molecule has 3 rings (SSSR count). The highest BCUT2D eigenvalue weighted by atomic mass is 32.2. The number of carbonyl (C=O) groups excluding carboxylic acids is 2. The molecule has 21 heteroatoms. The normalized spacial score (nSPS) is 12.9. The van der Waals surface area contributed by atoms with Gasteiger partial charge in [-0.3, -0.25) is 14.4 Å². The van der Waals surface area contributed by atoms with Crippen molar-refractivity contribution < 1.29 is 48.8 Å². The molecule has 10 N–H and O–H groups in total. The molecule has 2 heterocycles. The summed E-state index contributed by atoms with van der Waals surface area (Å²) in [7, 11) is 1.27. The summed E-state index contributed by atoms with van der Waals surface area (Å²) in [4.78, 5) is 47.4. The monoisotopic (exact) mass is 887 g/mol. The van der Waals surface area contributed by atoms with Gasteiger partial charge < -0.3 is 56.5 Å². The topological polar surface area (TPSA) is 293 Å². The number of unbranched alkanes of at least 4 members (excludes halogenated alkanes) is 2. The number of carboxylic acid groups (broad SMARTS) is 1. The zero-order valence-electron chi connectivity index (χ0n) is 35.6. The quantitative estimate of drug-likeness (QED) is 0.00878. The molecular formula is C41H63N10O10S+. The van der Waals surface area contributed by atoms with E-state index in [-0.39, 0.29) is 28.8 Å². The van der Waals surface area contributed by atoms with Crippen molar-refractivity contribution >= 4 is 51.9 Å². The van der Waals surface area contributed by atoms with Crippen molar-refractivity contribution in [1.82, 2.24) is 30.4 Å². The van der Waals surface area contributed by atoms with Gasteiger partial charge in [0.2, 0.25) is 11.6 Å². The lowest BCUT2D eigenvalue weighted by molar-refractivity contribution is -0.138. The molecule has 2 aromatic heterocycles. The van der Waals surface area contributed by atoms with E-state index in [1.807, 2.05) is 0 Å². The largest absolute Gasteiger partial charge is 0.480 e. The fraction of sp³-hybridized carbons (Fsp3) is 0.537. The van der Waals surface area contributed by atoms with Crippen LogP contribution in [0.1, 0.15) is 54.9 Å². The van der Waals surface area contributed by atoms with Crippen LogP contribution < -0.4 is 27.5 Å². The number of nitrogens with zero attached hydrogens (tertiary/aromatic N) is 5. The number of amides is 2. The Hall–Kier alpha value is -5.18. The maximum absolute atomic E-state index is 12.3. The molecule has 0 fully saturated rings. The summed E-state index contributed by atoms with van der Waals surface area (Å²) in [6, 6.07) is 5.90. The molecule has 0 aliphatic heterocycles. The lowest BCUT2D eigenvalue weighted by Gasteiger charge is -2.18. The summed E-state index contributed by atoms with van der Waals surface area (Å²) in [5.74, 6) is 7.15. The van der Waals surface area contributed by atoms with Crippen LogP contribution in [0.3, 0.4) is 0 Å². The van der Waals surface area contributed by atoms with Crippen LogP contribution in [0.2, 0.25) is 0 Å². The van der Waals surface area contributed by atoms with Gasteiger partial charge in [0.15, 0.2) is 17.1 Å². The Morgan fingerprint density at radius 3 is 2.40 bits per heavy atom. The Labute approximate surface area is 365 Å². The van der Waals surface area contributed by atoms with Crippen LogP contribution >= 0.6 is 0 Å². The highest BCUT2D eigenvalue weighted by Gasteiger charge is 2.28. The number of aliphatic carboxylic acids is 1. The third kappa shape index (κ3) is 22.6. The van der Waals surface area contributed by atoms with Crippen LogP contribution in [0.25, 0.3) is 11.2 Å². The van der Waals surface area contributed by atoms with Crippen molar-refractivity contribution in [3.63, 3.8) is 0 Å². The molecule has 0 spiro atoms. The van der Waals surface area contributed by atoms with Gasteiger partial charge in [-0.1, -0.05) is 24.1 Å². The van der Waals surface area contributed by atoms with Gasteiger partial charge in [-0.25, -0.2) is 20.4 Å². The van der Waals surface area contributed by atoms with Crippen LogP contribution in [-0.4, -0.2) is 161 Å². The first-order valence-corrected chi connectivity index (χ1v) is 21.9. The summed E-state index contributed by atoms with van der Waals surface area (Å²) in [5.41, 5.74) is 15.7. The number of hydrogen-bond donors (Lipinski definition) is 8. The Morgan fingerprint density at radius 2 is 1.74 bits per heavy atom. The van der Waals surface area contributed by atoms with Crippen molar-refractivity contribution in [2.24, 2.45) is 16.6 Å². The number of anilines is 1. The summed E-state index contributed by atoms with van der Waals surface area (Å²) >= 11 is 0. The number of rotatable bonds is 30. The molecule has 1 aromatic carbocycles. The summed E-state index contributed by atoms with van der Waals surface area (Å²) in [6.45, 7) is 9.41. The average Bonchev–Trinajstić information content (AvgIpc) is 3.65. The third-order valence-corrected chi connectivity index (χ3v) is 10.6. The van der Waals surface area contributed by atoms with E-state index in [9.17, 15) is 24.7 Å². The number of hydrogen-bond acceptors (Lipinski definition) is 16. The minimum absolute atomic E-state index is 0.208. The highest BCUT2D eigenvalue weighted by Crippen LogP contribution is 2.15. The van der Waals surface area contributed by atoms with E-state index in [4.69, 9.17) is 35.5 Å². The molecule has 3 unspecified atom stereocenters. The lowest BCUT2D eigenvalue weighted by atomic mass is 10.1. The van der Waals surface area contributed by atoms with E-state index in [1.54, 1.807) is 44.4 Å². The number of nitrogens with two attached hydrogens (primary N) is 2. The van der Waals surface area contributed by atoms with Gasteiger partial charge in [0.25, 0.3) is 5.91 Å². The molecule has 4 atom stereocenters. The van der Waals surface area contributed by atoms with Crippen LogP contribution in [0.5, 0.6) is 0 Å². The first kappa shape index (κ1) is 53.0. The zero-order valence-corrected chi connectivity index (χ0v) is 36.4. The molecule has 62 heavy (non-hydrogen) atoms. The van der Waals surface area contributed by atoms with Gasteiger partial charge in [-0.2, -0.15) is 9.83 Å². The maximum Gasteiger partial charge on any atom is 0.320 e. The third-order valence-electron chi connectivity index (χ3n) is 8.48. The Kier molecular flexibility index (Phi) is 27.8. The van der Waals surface area contributed by atoms with Crippen molar-refractivity contribution in [3.05, 3.63) is 60.7 Å². The number of imidazole rings is 1. The van der Waals surface area contributed by atoms with Gasteiger partial charge in [0.1, 0.15) is 36.3 Å². The average molecular weight is 888 g/mol. The lowest BCUT2D eigenvalue weighted by Crippen LogP contribution is -2.37. The second-order valence-corrected chi connectivity index (χ2v) is 15.6. The second kappa shape index (κ2) is 32.5. The van der Waals surface area contributed by atoms with E-state index < -0.39 is 18.1 Å². The number of hydrazone groups is 1. The number of aliphatic hydroxyl groups excluding tert-OH is 1. The van der Waals surface area contributed by atoms with Gasteiger partial charge in [-0.15, -0.1) is 6.58 Å². The van der Waals surface area contributed by atoms with Crippen LogP contribution in [-0.2, 0) is 39.4 Å². The molecule has 20 nitrogen and oxygen atoms in total. The van der Waals surface area contributed by atoms with Gasteiger partial charge in [0, 0.05) is 62.5 Å². The van der Waals surface area contributed by atoms with E-state index in [1.165, 1.54) is 18.9 Å². The van der Waals surface area contributed by atoms with Crippen LogP contribution in [0.15, 0.2) is 54.7 Å².